The molecule has 38 valence electrons. The van der Waals surface area contributed by atoms with Crippen LogP contribution < -0.4 is 10.9 Å². The molecule has 4 heteroatoms. The quantitative estimate of drug-likeness (QED) is 0.317. The third-order valence-electron chi connectivity index (χ3n) is 0.367. The Labute approximate surface area is 42.3 Å². The van der Waals surface area contributed by atoms with E-state index in [1.165, 1.54) is 0 Å². The fraction of sp³-hybridized carbons (Fsp3) is 1.00. The van der Waals surface area contributed by atoms with Gasteiger partial charge < -0.3 is 0 Å². The van der Waals surface area contributed by atoms with Gasteiger partial charge >= 0.3 is 0 Å². The summed E-state index contributed by atoms with van der Waals surface area (Å²) in [6.45, 7) is 0. The van der Waals surface area contributed by atoms with Crippen molar-refractivity contribution < 1.29 is 0 Å². The second-order valence-electron chi connectivity index (χ2n) is 0.808. The van der Waals surface area contributed by atoms with Gasteiger partial charge in [0.2, 0.25) is 0 Å². The van der Waals surface area contributed by atoms with Crippen LogP contribution in [0, 0.1) is 0 Å². The van der Waals surface area contributed by atoms with E-state index < -0.39 is 0 Å². The summed E-state index contributed by atoms with van der Waals surface area (Å²) in [4.78, 5) is 0. The maximum absolute atomic E-state index is 2.94. The van der Waals surface area contributed by atoms with Crippen molar-refractivity contribution in [2.75, 3.05) is 13.3 Å². The molecular formula is C2H10N2P2. The summed E-state index contributed by atoms with van der Waals surface area (Å²) in [6.07, 6.45) is 1.04. The first-order valence-electron chi connectivity index (χ1n) is 1.75. The van der Waals surface area contributed by atoms with Crippen molar-refractivity contribution in [1.82, 2.24) is 10.9 Å². The fourth-order valence-corrected chi connectivity index (χ4v) is 0.724. The topological polar surface area (TPSA) is 24.1 Å². The zero-order chi connectivity index (χ0) is 4.83. The molecule has 0 heterocycles. The molecule has 2 nitrogen and oxygen atoms in total. The van der Waals surface area contributed by atoms with E-state index in [1.54, 1.807) is 0 Å². The summed E-state index contributed by atoms with van der Waals surface area (Å²) in [5.74, 6) is 0. The molecule has 0 fully saturated rings. The second-order valence-corrected chi connectivity index (χ2v) is 2.79. The van der Waals surface area contributed by atoms with Gasteiger partial charge in [-0.05, 0) is 7.05 Å². The molecular weight excluding hydrogens is 114 g/mol. The number of hydrogen-bond acceptors (Lipinski definition) is 2. The number of hydrazine groups is 1. The molecule has 6 heavy (non-hydrogen) atoms. The maximum Gasteiger partial charge on any atom is 0.0307 e. The number of nitrogens with one attached hydrogen (secondary N) is 2. The lowest BCUT2D eigenvalue weighted by atomic mass is 11.4. The van der Waals surface area contributed by atoms with E-state index >= 15 is 0 Å². The van der Waals surface area contributed by atoms with Crippen molar-refractivity contribution in [3.8, 4) is 0 Å². The van der Waals surface area contributed by atoms with Crippen LogP contribution in [0.25, 0.3) is 0 Å². The van der Waals surface area contributed by atoms with Crippen molar-refractivity contribution >= 4 is 17.2 Å². The minimum Gasteiger partial charge on any atom is -0.261 e. The molecule has 0 aliphatic heterocycles. The summed E-state index contributed by atoms with van der Waals surface area (Å²) in [6, 6.07) is 0. The molecule has 0 aromatic carbocycles. The standard InChI is InChI=1S/C2H10N2P2/c1-3-4-2-6-5/h3-4,6H,2,5H2,1H3. The predicted molar refractivity (Wildman–Crippen MR) is 35.1 cm³/mol. The van der Waals surface area contributed by atoms with Crippen molar-refractivity contribution in [3.05, 3.63) is 0 Å². The number of rotatable bonds is 3. The Balaban J connectivity index is 2.34. The Morgan fingerprint density at radius 3 is 2.67 bits per heavy atom. The molecule has 0 aromatic heterocycles. The molecule has 0 radical (unpaired) electrons. The summed E-state index contributed by atoms with van der Waals surface area (Å²) >= 11 is 0. The van der Waals surface area contributed by atoms with Gasteiger partial charge in [0.1, 0.15) is 0 Å². The van der Waals surface area contributed by atoms with Crippen molar-refractivity contribution in [2.45, 2.75) is 0 Å². The average molecular weight is 124 g/mol. The largest absolute Gasteiger partial charge is 0.261 e. The highest BCUT2D eigenvalue weighted by Crippen LogP contribution is 2.15. The van der Waals surface area contributed by atoms with E-state index in [0.717, 1.165) is 14.6 Å². The van der Waals surface area contributed by atoms with Crippen molar-refractivity contribution in [1.29, 1.82) is 0 Å². The molecule has 2 atom stereocenters. The van der Waals surface area contributed by atoms with Crippen LogP contribution >= 0.6 is 17.2 Å². The molecule has 0 spiro atoms. The van der Waals surface area contributed by atoms with Gasteiger partial charge in [-0.15, -0.1) is 8.93 Å². The lowest BCUT2D eigenvalue weighted by Gasteiger charge is -1.94. The van der Waals surface area contributed by atoms with Gasteiger partial charge in [0, 0.05) is 6.29 Å². The van der Waals surface area contributed by atoms with E-state index in [0.29, 0.717) is 0 Å². The smallest absolute Gasteiger partial charge is 0.0307 e. The zero-order valence-corrected chi connectivity index (χ0v) is 5.94. The van der Waals surface area contributed by atoms with Crippen LogP contribution in [0.3, 0.4) is 0 Å². The Bertz CT molecular complexity index is 21.5. The van der Waals surface area contributed by atoms with E-state index in [9.17, 15) is 0 Å². The summed E-state index contributed by atoms with van der Waals surface area (Å²) in [5.41, 5.74) is 5.75. The highest BCUT2D eigenvalue weighted by atomic mass is 32.0. The molecule has 0 aromatic rings. The van der Waals surface area contributed by atoms with Gasteiger partial charge in [-0.2, -0.15) is 0 Å². The molecule has 0 saturated carbocycles. The highest BCUT2D eigenvalue weighted by Gasteiger charge is 1.69. The highest BCUT2D eigenvalue weighted by molar-refractivity contribution is 8.02. The Kier molecular flexibility index (Phi) is 6.53. The SMILES string of the molecule is CNNCPP. The Morgan fingerprint density at radius 2 is 2.50 bits per heavy atom. The first-order valence-corrected chi connectivity index (χ1v) is 4.76. The van der Waals surface area contributed by atoms with Crippen molar-refractivity contribution in [3.63, 3.8) is 0 Å². The van der Waals surface area contributed by atoms with Gasteiger partial charge in [-0.1, -0.05) is 8.27 Å². The predicted octanol–water partition coefficient (Wildman–Crippen LogP) is 0.136. The molecule has 0 amide bonds. The molecule has 0 aliphatic rings. The minimum absolute atomic E-state index is 0.908. The van der Waals surface area contributed by atoms with E-state index in [2.05, 4.69) is 19.8 Å². The number of hydrogen-bond donors (Lipinski definition) is 2. The van der Waals surface area contributed by atoms with Gasteiger partial charge in [-0.25, -0.2) is 0 Å². The van der Waals surface area contributed by atoms with E-state index in [-0.39, 0.29) is 0 Å². The molecule has 0 saturated heterocycles. The second kappa shape index (κ2) is 5.78. The van der Waals surface area contributed by atoms with Gasteiger partial charge in [0.05, 0.1) is 0 Å². The van der Waals surface area contributed by atoms with E-state index in [4.69, 9.17) is 0 Å². The lowest BCUT2D eigenvalue weighted by Crippen LogP contribution is -2.25. The van der Waals surface area contributed by atoms with Gasteiger partial charge in [0.15, 0.2) is 0 Å². The summed E-state index contributed by atoms with van der Waals surface area (Å²) < 4.78 is 0. The van der Waals surface area contributed by atoms with E-state index in [1.807, 2.05) is 7.05 Å². The normalized spacial score (nSPS) is 11.0. The van der Waals surface area contributed by atoms with Crippen LogP contribution in [0.4, 0.5) is 0 Å². The van der Waals surface area contributed by atoms with Crippen LogP contribution in [0.15, 0.2) is 0 Å². The first kappa shape index (κ1) is 6.78. The summed E-state index contributed by atoms with van der Waals surface area (Å²) in [5, 5.41) is 0. The summed E-state index contributed by atoms with van der Waals surface area (Å²) in [7, 11) is 5.43. The van der Waals surface area contributed by atoms with Crippen molar-refractivity contribution in [2.24, 2.45) is 0 Å². The third-order valence-corrected chi connectivity index (χ3v) is 1.36. The first-order chi connectivity index (χ1) is 2.91. The third kappa shape index (κ3) is 4.78. The molecule has 0 rings (SSSR count). The average Bonchev–Trinajstić information content (AvgIpc) is 1.61. The Hall–Kier alpha value is 0.780. The molecule has 2 N–H and O–H groups in total. The van der Waals surface area contributed by atoms with Gasteiger partial charge in [-0.3, -0.25) is 10.9 Å². The lowest BCUT2D eigenvalue weighted by molar-refractivity contribution is 0.672. The minimum atomic E-state index is 0.908. The van der Waals surface area contributed by atoms with Crippen LogP contribution in [0.1, 0.15) is 0 Å². The fourth-order valence-electron chi connectivity index (χ4n) is 0.139. The van der Waals surface area contributed by atoms with Crippen LogP contribution in [-0.2, 0) is 0 Å². The zero-order valence-electron chi connectivity index (χ0n) is 3.78. The molecule has 2 unspecified atom stereocenters. The van der Waals surface area contributed by atoms with Crippen LogP contribution in [-0.4, -0.2) is 13.3 Å². The van der Waals surface area contributed by atoms with Gasteiger partial charge in [0.25, 0.3) is 0 Å². The molecule has 0 aliphatic carbocycles. The van der Waals surface area contributed by atoms with Crippen LogP contribution in [0.2, 0.25) is 0 Å². The maximum atomic E-state index is 2.94. The molecule has 0 bridgehead atoms. The Morgan fingerprint density at radius 1 is 1.83 bits per heavy atom. The van der Waals surface area contributed by atoms with Crippen LogP contribution in [0.5, 0.6) is 0 Å². The monoisotopic (exact) mass is 124 g/mol.